The van der Waals surface area contributed by atoms with E-state index in [1.165, 1.54) is 12.1 Å². The first-order valence-corrected chi connectivity index (χ1v) is 9.06. The summed E-state index contributed by atoms with van der Waals surface area (Å²) < 4.78 is 28.6. The van der Waals surface area contributed by atoms with E-state index >= 15 is 0 Å². The lowest BCUT2D eigenvalue weighted by Gasteiger charge is -2.28. The van der Waals surface area contributed by atoms with E-state index in [1.807, 2.05) is 0 Å². The zero-order valence-electron chi connectivity index (χ0n) is 15.0. The molecule has 0 bridgehead atoms. The molecule has 0 fully saturated rings. The molecule has 3 aromatic rings. The lowest BCUT2D eigenvalue weighted by Crippen LogP contribution is -2.39. The number of nitrogens with zero attached hydrogens (tertiary/aromatic N) is 5. The van der Waals surface area contributed by atoms with Crippen molar-refractivity contribution in [2.45, 2.75) is 26.4 Å². The summed E-state index contributed by atoms with van der Waals surface area (Å²) in [5.41, 5.74) is 2.36. The summed E-state index contributed by atoms with van der Waals surface area (Å²) in [6.07, 6.45) is 2.89. The predicted octanol–water partition coefficient (Wildman–Crippen LogP) is 3.17. The number of benzene rings is 1. The highest BCUT2D eigenvalue weighted by Gasteiger charge is 2.25. The van der Waals surface area contributed by atoms with Crippen LogP contribution >= 0.6 is 11.6 Å². The molecule has 28 heavy (non-hydrogen) atoms. The summed E-state index contributed by atoms with van der Waals surface area (Å²) in [6.45, 7) is 2.94. The maximum atomic E-state index is 13.5. The van der Waals surface area contributed by atoms with Crippen LogP contribution in [0.1, 0.15) is 17.0 Å². The molecule has 0 aliphatic carbocycles. The number of amides is 1. The molecule has 4 rings (SSSR count). The molecular formula is C19H16ClF2N5O. The first-order chi connectivity index (χ1) is 13.4. The molecule has 0 unspecified atom stereocenters. The largest absolute Gasteiger partial charge is 0.335 e. The van der Waals surface area contributed by atoms with Crippen LogP contribution in [0, 0.1) is 18.6 Å². The molecule has 0 saturated carbocycles. The van der Waals surface area contributed by atoms with E-state index in [4.69, 9.17) is 11.6 Å². The average Bonchev–Trinajstić information content (AvgIpc) is 3.10. The number of hydrogen-bond acceptors (Lipinski definition) is 4. The monoisotopic (exact) mass is 403 g/mol. The molecule has 0 spiro atoms. The standard InChI is InChI=1S/C19H16ClF2N5O/c1-11-16(22)9-23-19(25-11)13-8-24-27-5-4-26(10-17(13)27)18(28)7-12-2-3-15(21)14(20)6-12/h2-3,6,8-9H,4-5,7,10H2,1H3. The van der Waals surface area contributed by atoms with Crippen molar-refractivity contribution in [2.24, 2.45) is 0 Å². The van der Waals surface area contributed by atoms with Crippen molar-refractivity contribution in [3.8, 4) is 11.4 Å². The van der Waals surface area contributed by atoms with Crippen molar-refractivity contribution < 1.29 is 13.6 Å². The van der Waals surface area contributed by atoms with Gasteiger partial charge in [-0.3, -0.25) is 9.48 Å². The van der Waals surface area contributed by atoms with Crippen LogP contribution in [0.2, 0.25) is 5.02 Å². The number of carbonyl (C=O) groups is 1. The number of hydrogen-bond donors (Lipinski definition) is 0. The quantitative estimate of drug-likeness (QED) is 0.674. The van der Waals surface area contributed by atoms with Gasteiger partial charge in [0.1, 0.15) is 5.82 Å². The third kappa shape index (κ3) is 3.47. The molecular weight excluding hydrogens is 388 g/mol. The summed E-state index contributed by atoms with van der Waals surface area (Å²) in [4.78, 5) is 22.7. The Kier molecular flexibility index (Phi) is 4.80. The number of carbonyl (C=O) groups excluding carboxylic acids is 1. The van der Waals surface area contributed by atoms with Crippen molar-refractivity contribution >= 4 is 17.5 Å². The molecule has 1 aromatic carbocycles. The average molecular weight is 404 g/mol. The Hall–Kier alpha value is -2.87. The van der Waals surface area contributed by atoms with Gasteiger partial charge in [-0.25, -0.2) is 18.7 Å². The van der Waals surface area contributed by atoms with Gasteiger partial charge in [-0.05, 0) is 24.6 Å². The minimum Gasteiger partial charge on any atom is -0.335 e. The summed E-state index contributed by atoms with van der Waals surface area (Å²) >= 11 is 5.80. The summed E-state index contributed by atoms with van der Waals surface area (Å²) in [5.74, 6) is -0.712. The second-order valence-corrected chi connectivity index (χ2v) is 7.00. The van der Waals surface area contributed by atoms with Gasteiger partial charge in [0.05, 0.1) is 53.9 Å². The minimum atomic E-state index is -0.515. The highest BCUT2D eigenvalue weighted by atomic mass is 35.5. The molecule has 1 aliphatic heterocycles. The van der Waals surface area contributed by atoms with E-state index in [-0.39, 0.29) is 23.0 Å². The molecule has 0 radical (unpaired) electrons. The molecule has 1 amide bonds. The third-order valence-electron chi connectivity index (χ3n) is 4.72. The number of halogens is 3. The normalized spacial score (nSPS) is 13.5. The fourth-order valence-electron chi connectivity index (χ4n) is 3.16. The highest BCUT2D eigenvalue weighted by Crippen LogP contribution is 2.25. The van der Waals surface area contributed by atoms with Gasteiger partial charge in [0.15, 0.2) is 11.6 Å². The Morgan fingerprint density at radius 1 is 1.21 bits per heavy atom. The maximum Gasteiger partial charge on any atom is 0.227 e. The van der Waals surface area contributed by atoms with Crippen LogP contribution in [-0.4, -0.2) is 37.1 Å². The zero-order chi connectivity index (χ0) is 19.8. The van der Waals surface area contributed by atoms with Gasteiger partial charge < -0.3 is 4.90 Å². The SMILES string of the molecule is Cc1nc(-c2cnn3c2CN(C(=O)Cc2ccc(F)c(Cl)c2)CC3)ncc1F. The van der Waals surface area contributed by atoms with Crippen LogP contribution in [0.25, 0.3) is 11.4 Å². The Bertz CT molecular complexity index is 1070. The van der Waals surface area contributed by atoms with Gasteiger partial charge in [-0.1, -0.05) is 17.7 Å². The van der Waals surface area contributed by atoms with Crippen LogP contribution in [0.15, 0.2) is 30.6 Å². The van der Waals surface area contributed by atoms with Crippen LogP contribution in [0.3, 0.4) is 0 Å². The molecule has 0 N–H and O–H groups in total. The van der Waals surface area contributed by atoms with E-state index in [0.29, 0.717) is 36.6 Å². The fraction of sp³-hybridized carbons (Fsp3) is 0.263. The van der Waals surface area contributed by atoms with Crippen molar-refractivity contribution in [3.63, 3.8) is 0 Å². The first-order valence-electron chi connectivity index (χ1n) is 8.68. The summed E-state index contributed by atoms with van der Waals surface area (Å²) in [6, 6.07) is 4.26. The van der Waals surface area contributed by atoms with E-state index in [9.17, 15) is 13.6 Å². The van der Waals surface area contributed by atoms with E-state index < -0.39 is 11.6 Å². The smallest absolute Gasteiger partial charge is 0.227 e. The van der Waals surface area contributed by atoms with E-state index in [1.54, 1.807) is 28.8 Å². The molecule has 0 atom stereocenters. The number of aromatic nitrogens is 4. The highest BCUT2D eigenvalue weighted by molar-refractivity contribution is 6.30. The topological polar surface area (TPSA) is 63.9 Å². The van der Waals surface area contributed by atoms with Gasteiger partial charge in [-0.15, -0.1) is 0 Å². The molecule has 9 heteroatoms. The van der Waals surface area contributed by atoms with Crippen LogP contribution < -0.4 is 0 Å². The van der Waals surface area contributed by atoms with Gasteiger partial charge in [0, 0.05) is 6.54 Å². The molecule has 1 aliphatic rings. The lowest BCUT2D eigenvalue weighted by atomic mass is 10.1. The second kappa shape index (κ2) is 7.27. The van der Waals surface area contributed by atoms with Crippen LogP contribution in [-0.2, 0) is 24.3 Å². The van der Waals surface area contributed by atoms with Crippen molar-refractivity contribution in [1.29, 1.82) is 0 Å². The van der Waals surface area contributed by atoms with Crippen molar-refractivity contribution in [2.75, 3.05) is 6.54 Å². The Morgan fingerprint density at radius 3 is 2.79 bits per heavy atom. The number of rotatable bonds is 3. The Balaban J connectivity index is 1.55. The lowest BCUT2D eigenvalue weighted by molar-refractivity contribution is -0.131. The summed E-state index contributed by atoms with van der Waals surface area (Å²) in [7, 11) is 0. The molecule has 6 nitrogen and oxygen atoms in total. The molecule has 2 aromatic heterocycles. The summed E-state index contributed by atoms with van der Waals surface area (Å²) in [5, 5.41) is 4.32. The molecule has 144 valence electrons. The minimum absolute atomic E-state index is 0.00636. The first kappa shape index (κ1) is 18.5. The van der Waals surface area contributed by atoms with Crippen LogP contribution in [0.5, 0.6) is 0 Å². The number of fused-ring (bicyclic) bond motifs is 1. The van der Waals surface area contributed by atoms with E-state index in [0.717, 1.165) is 11.9 Å². The van der Waals surface area contributed by atoms with Gasteiger partial charge in [-0.2, -0.15) is 5.10 Å². The van der Waals surface area contributed by atoms with Crippen LogP contribution in [0.4, 0.5) is 8.78 Å². The van der Waals surface area contributed by atoms with Gasteiger partial charge in [0.25, 0.3) is 0 Å². The third-order valence-corrected chi connectivity index (χ3v) is 5.01. The zero-order valence-corrected chi connectivity index (χ0v) is 15.7. The van der Waals surface area contributed by atoms with Crippen molar-refractivity contribution in [1.82, 2.24) is 24.6 Å². The maximum absolute atomic E-state index is 13.5. The van der Waals surface area contributed by atoms with Gasteiger partial charge >= 0.3 is 0 Å². The number of aryl methyl sites for hydroxylation is 1. The van der Waals surface area contributed by atoms with Gasteiger partial charge in [0.2, 0.25) is 5.91 Å². The van der Waals surface area contributed by atoms with Crippen molar-refractivity contribution in [3.05, 3.63) is 64.2 Å². The Labute approximate surface area is 164 Å². The molecule has 0 saturated heterocycles. The second-order valence-electron chi connectivity index (χ2n) is 6.60. The predicted molar refractivity (Wildman–Crippen MR) is 98.5 cm³/mol. The van der Waals surface area contributed by atoms with E-state index in [2.05, 4.69) is 15.1 Å². The molecule has 3 heterocycles. The Morgan fingerprint density at radius 2 is 2.04 bits per heavy atom. The fourth-order valence-corrected chi connectivity index (χ4v) is 3.37.